The van der Waals surface area contributed by atoms with Crippen LogP contribution in [0, 0.1) is 0 Å². The molecule has 0 aliphatic carbocycles. The Morgan fingerprint density at radius 1 is 1.04 bits per heavy atom. The number of ether oxygens (including phenoxy) is 1. The van der Waals surface area contributed by atoms with Gasteiger partial charge in [0.25, 0.3) is 15.9 Å². The van der Waals surface area contributed by atoms with Crippen LogP contribution in [0.2, 0.25) is 0 Å². The van der Waals surface area contributed by atoms with Crippen LogP contribution in [-0.4, -0.2) is 20.9 Å². The van der Waals surface area contributed by atoms with Crippen LogP contribution < -0.4 is 14.8 Å². The number of rotatable bonds is 8. The van der Waals surface area contributed by atoms with Crippen molar-refractivity contribution in [1.29, 1.82) is 0 Å². The minimum Gasteiger partial charge on any atom is -0.494 e. The lowest BCUT2D eigenvalue weighted by Gasteiger charge is -2.10. The summed E-state index contributed by atoms with van der Waals surface area (Å²) in [6.07, 6.45) is 0. The third-order valence-electron chi connectivity index (χ3n) is 3.85. The van der Waals surface area contributed by atoms with Crippen molar-refractivity contribution < 1.29 is 17.9 Å². The van der Waals surface area contributed by atoms with E-state index in [-0.39, 0.29) is 10.8 Å². The molecule has 0 bridgehead atoms. The lowest BCUT2D eigenvalue weighted by atomic mass is 10.2. The monoisotopic (exact) mass is 416 g/mol. The minimum absolute atomic E-state index is 0.0798. The third kappa shape index (κ3) is 5.11. The second-order valence-corrected chi connectivity index (χ2v) is 8.56. The fourth-order valence-electron chi connectivity index (χ4n) is 2.47. The predicted molar refractivity (Wildman–Crippen MR) is 110 cm³/mol. The summed E-state index contributed by atoms with van der Waals surface area (Å²) in [5, 5.41) is 4.75. The molecule has 3 aromatic rings. The molecule has 1 amide bonds. The van der Waals surface area contributed by atoms with E-state index < -0.39 is 10.0 Å². The van der Waals surface area contributed by atoms with Crippen LogP contribution >= 0.6 is 11.3 Å². The first-order valence-corrected chi connectivity index (χ1v) is 11.0. The Hall–Kier alpha value is -2.84. The maximum atomic E-state index is 12.5. The Labute approximate surface area is 168 Å². The van der Waals surface area contributed by atoms with Gasteiger partial charge < -0.3 is 10.1 Å². The van der Waals surface area contributed by atoms with Crippen LogP contribution in [0.25, 0.3) is 0 Å². The standard InChI is InChI=1S/C20H20N2O4S2/c1-2-26-17-9-7-16(8-10-17)22-28(24,25)19-11-5-15(6-12-19)20(23)21-14-18-4-3-13-27-18/h3-13,22H,2,14H2,1H3,(H,21,23). The van der Waals surface area contributed by atoms with Crippen molar-refractivity contribution in [3.8, 4) is 5.75 Å². The van der Waals surface area contributed by atoms with Gasteiger partial charge in [-0.2, -0.15) is 0 Å². The number of hydrogen-bond donors (Lipinski definition) is 2. The van der Waals surface area contributed by atoms with Gasteiger partial charge in [-0.25, -0.2) is 8.42 Å². The number of thiophene rings is 1. The zero-order chi connectivity index (χ0) is 20.0. The number of nitrogens with one attached hydrogen (secondary N) is 2. The fourth-order valence-corrected chi connectivity index (χ4v) is 4.17. The molecule has 6 nitrogen and oxygen atoms in total. The van der Waals surface area contributed by atoms with Gasteiger partial charge in [-0.05, 0) is 66.9 Å². The number of carbonyl (C=O) groups excluding carboxylic acids is 1. The van der Waals surface area contributed by atoms with Crippen molar-refractivity contribution in [3.63, 3.8) is 0 Å². The predicted octanol–water partition coefficient (Wildman–Crippen LogP) is 3.88. The molecule has 0 saturated carbocycles. The molecule has 0 aliphatic rings. The van der Waals surface area contributed by atoms with Crippen LogP contribution in [0.3, 0.4) is 0 Å². The van der Waals surface area contributed by atoms with Crippen molar-refractivity contribution in [2.45, 2.75) is 18.4 Å². The van der Waals surface area contributed by atoms with Crippen LogP contribution in [0.5, 0.6) is 5.75 Å². The van der Waals surface area contributed by atoms with Gasteiger partial charge in [-0.15, -0.1) is 11.3 Å². The van der Waals surface area contributed by atoms with Gasteiger partial charge in [0.1, 0.15) is 5.75 Å². The molecular formula is C20H20N2O4S2. The quantitative estimate of drug-likeness (QED) is 0.584. The van der Waals surface area contributed by atoms with Crippen LogP contribution in [0.15, 0.2) is 70.9 Å². The van der Waals surface area contributed by atoms with E-state index in [0.29, 0.717) is 30.2 Å². The van der Waals surface area contributed by atoms with E-state index in [1.807, 2.05) is 24.4 Å². The van der Waals surface area contributed by atoms with Crippen LogP contribution in [0.1, 0.15) is 22.2 Å². The zero-order valence-electron chi connectivity index (χ0n) is 15.2. The molecule has 1 heterocycles. The molecule has 8 heteroatoms. The van der Waals surface area contributed by atoms with Crippen molar-refractivity contribution in [3.05, 3.63) is 76.5 Å². The highest BCUT2D eigenvalue weighted by Gasteiger charge is 2.15. The maximum Gasteiger partial charge on any atom is 0.261 e. The number of benzene rings is 2. The van der Waals surface area contributed by atoms with Crippen molar-refractivity contribution in [2.24, 2.45) is 0 Å². The van der Waals surface area contributed by atoms with E-state index >= 15 is 0 Å². The highest BCUT2D eigenvalue weighted by molar-refractivity contribution is 7.92. The van der Waals surface area contributed by atoms with Crippen molar-refractivity contribution in [1.82, 2.24) is 5.32 Å². The smallest absolute Gasteiger partial charge is 0.261 e. The first-order valence-electron chi connectivity index (χ1n) is 8.64. The molecule has 2 aromatic carbocycles. The molecule has 0 atom stereocenters. The number of anilines is 1. The minimum atomic E-state index is -3.75. The van der Waals surface area contributed by atoms with Gasteiger partial charge in [0.15, 0.2) is 0 Å². The molecule has 0 aliphatic heterocycles. The molecule has 2 N–H and O–H groups in total. The highest BCUT2D eigenvalue weighted by atomic mass is 32.2. The summed E-state index contributed by atoms with van der Waals surface area (Å²) < 4.78 is 32.9. The Bertz CT molecular complexity index is 1010. The van der Waals surface area contributed by atoms with Gasteiger partial charge in [0, 0.05) is 16.1 Å². The normalized spacial score (nSPS) is 11.0. The first-order chi connectivity index (χ1) is 13.5. The van der Waals surface area contributed by atoms with E-state index in [1.54, 1.807) is 35.6 Å². The average molecular weight is 417 g/mol. The number of carbonyl (C=O) groups is 1. The van der Waals surface area contributed by atoms with Crippen LogP contribution in [0.4, 0.5) is 5.69 Å². The molecule has 28 heavy (non-hydrogen) atoms. The SMILES string of the molecule is CCOc1ccc(NS(=O)(=O)c2ccc(C(=O)NCc3cccs3)cc2)cc1. The van der Waals surface area contributed by atoms with Crippen molar-refractivity contribution >= 4 is 33.0 Å². The topological polar surface area (TPSA) is 84.5 Å². The molecule has 0 fully saturated rings. The van der Waals surface area contributed by atoms with Gasteiger partial charge in [0.2, 0.25) is 0 Å². The molecule has 0 unspecified atom stereocenters. The summed E-state index contributed by atoms with van der Waals surface area (Å²) in [7, 11) is -3.75. The second kappa shape index (κ2) is 8.90. The van der Waals surface area contributed by atoms with Crippen LogP contribution in [-0.2, 0) is 16.6 Å². The summed E-state index contributed by atoms with van der Waals surface area (Å²) in [6, 6.07) is 16.3. The van der Waals surface area contributed by atoms with E-state index in [0.717, 1.165) is 4.88 Å². The molecular weight excluding hydrogens is 396 g/mol. The Morgan fingerprint density at radius 3 is 2.36 bits per heavy atom. The highest BCUT2D eigenvalue weighted by Crippen LogP contribution is 2.20. The number of hydrogen-bond acceptors (Lipinski definition) is 5. The molecule has 0 spiro atoms. The van der Waals surface area contributed by atoms with Gasteiger partial charge in [-0.1, -0.05) is 6.07 Å². The van der Waals surface area contributed by atoms with E-state index in [4.69, 9.17) is 4.74 Å². The number of sulfonamides is 1. The Morgan fingerprint density at radius 2 is 1.75 bits per heavy atom. The molecule has 0 radical (unpaired) electrons. The van der Waals surface area contributed by atoms with Gasteiger partial charge in [0.05, 0.1) is 18.0 Å². The number of amides is 1. The van der Waals surface area contributed by atoms with E-state index in [9.17, 15) is 13.2 Å². The molecule has 3 rings (SSSR count). The summed E-state index contributed by atoms with van der Waals surface area (Å²) in [5.74, 6) is 0.417. The fraction of sp³-hybridized carbons (Fsp3) is 0.150. The van der Waals surface area contributed by atoms with Gasteiger partial charge in [-0.3, -0.25) is 9.52 Å². The molecule has 146 valence electrons. The lowest BCUT2D eigenvalue weighted by Crippen LogP contribution is -2.22. The Balaban J connectivity index is 1.64. The summed E-state index contributed by atoms with van der Waals surface area (Å²) >= 11 is 1.56. The first kappa shape index (κ1) is 19.9. The largest absolute Gasteiger partial charge is 0.494 e. The summed E-state index contributed by atoms with van der Waals surface area (Å²) in [5.41, 5.74) is 0.831. The van der Waals surface area contributed by atoms with Crippen molar-refractivity contribution in [2.75, 3.05) is 11.3 Å². The second-order valence-electron chi connectivity index (χ2n) is 5.85. The average Bonchev–Trinajstić information content (AvgIpc) is 3.21. The lowest BCUT2D eigenvalue weighted by molar-refractivity contribution is 0.0951. The van der Waals surface area contributed by atoms with E-state index in [1.165, 1.54) is 24.3 Å². The van der Waals surface area contributed by atoms with Gasteiger partial charge >= 0.3 is 0 Å². The molecule has 1 aromatic heterocycles. The molecule has 0 saturated heterocycles. The van der Waals surface area contributed by atoms with E-state index in [2.05, 4.69) is 10.0 Å². The maximum absolute atomic E-state index is 12.5. The summed E-state index contributed by atoms with van der Waals surface area (Å²) in [4.78, 5) is 13.3. The third-order valence-corrected chi connectivity index (χ3v) is 6.12. The Kier molecular flexibility index (Phi) is 6.33. The summed E-state index contributed by atoms with van der Waals surface area (Å²) in [6.45, 7) is 2.86. The zero-order valence-corrected chi connectivity index (χ0v) is 16.8.